The van der Waals surface area contributed by atoms with Crippen LogP contribution in [0.25, 0.3) is 0 Å². The number of carboxylic acid groups (broad SMARTS) is 1. The van der Waals surface area contributed by atoms with Crippen LogP contribution in [-0.2, 0) is 19.1 Å². The molecule has 1 aromatic rings. The van der Waals surface area contributed by atoms with E-state index in [9.17, 15) is 24.3 Å². The first-order valence-corrected chi connectivity index (χ1v) is 10.9. The maximum absolute atomic E-state index is 13.1. The van der Waals surface area contributed by atoms with E-state index in [0.29, 0.717) is 12.0 Å². The zero-order valence-corrected chi connectivity index (χ0v) is 18.5. The summed E-state index contributed by atoms with van der Waals surface area (Å²) in [6, 6.07) is 6.73. The number of amides is 3. The lowest BCUT2D eigenvalue weighted by Crippen LogP contribution is -2.72. The van der Waals surface area contributed by atoms with Gasteiger partial charge in [-0.25, -0.2) is 9.59 Å². The van der Waals surface area contributed by atoms with Gasteiger partial charge < -0.3 is 25.4 Å². The Bertz CT molecular complexity index is 964. The molecule has 5 atom stereocenters. The molecule has 1 saturated carbocycles. The number of hydrogen-bond donors (Lipinski definition) is 3. The molecule has 0 spiro atoms. The summed E-state index contributed by atoms with van der Waals surface area (Å²) < 4.78 is 4.72. The molecule has 0 aromatic heterocycles. The number of alkyl carbamates (subject to hydrolysis) is 1. The van der Waals surface area contributed by atoms with Gasteiger partial charge in [0.1, 0.15) is 23.1 Å². The Morgan fingerprint density at radius 3 is 2.48 bits per heavy atom. The van der Waals surface area contributed by atoms with Crippen molar-refractivity contribution in [2.24, 2.45) is 0 Å². The Hall–Kier alpha value is -2.75. The highest BCUT2D eigenvalue weighted by Gasteiger charge is 2.85. The van der Waals surface area contributed by atoms with Crippen LogP contribution in [0.1, 0.15) is 45.7 Å². The van der Waals surface area contributed by atoms with Gasteiger partial charge in [0, 0.05) is 6.42 Å². The SMILES string of the molecule is CC(C)(C)OC(=O)NC(C(=O)NC1C(=O)N2[C@@H]1SC1(C)CC21C(=O)O)c1ccccc1. The predicted octanol–water partition coefficient (Wildman–Crippen LogP) is 1.64. The molecule has 2 aliphatic heterocycles. The molecule has 4 unspecified atom stereocenters. The highest BCUT2D eigenvalue weighted by Crippen LogP contribution is 2.71. The van der Waals surface area contributed by atoms with Crippen LogP contribution in [0.2, 0.25) is 0 Å². The first kappa shape index (κ1) is 21.5. The zero-order chi connectivity index (χ0) is 22.8. The van der Waals surface area contributed by atoms with Crippen LogP contribution in [0, 0.1) is 0 Å². The smallest absolute Gasteiger partial charge is 0.408 e. The maximum Gasteiger partial charge on any atom is 0.408 e. The summed E-state index contributed by atoms with van der Waals surface area (Å²) in [5, 5.41) is 14.5. The number of rotatable bonds is 5. The van der Waals surface area contributed by atoms with Gasteiger partial charge in [0.2, 0.25) is 11.8 Å². The number of fused-ring (bicyclic) bond motifs is 3. The number of carbonyl (C=O) groups excluding carboxylic acids is 3. The van der Waals surface area contributed by atoms with Crippen LogP contribution in [0.15, 0.2) is 30.3 Å². The number of thioether (sulfide) groups is 1. The summed E-state index contributed by atoms with van der Waals surface area (Å²) in [6.07, 6.45) is -0.359. The second kappa shape index (κ2) is 6.88. The number of ether oxygens (including phenoxy) is 1. The summed E-state index contributed by atoms with van der Waals surface area (Å²) in [7, 11) is 0. The van der Waals surface area contributed by atoms with E-state index in [4.69, 9.17) is 4.74 Å². The monoisotopic (exact) mass is 447 g/mol. The molecule has 0 bridgehead atoms. The molecule has 2 heterocycles. The summed E-state index contributed by atoms with van der Waals surface area (Å²) >= 11 is 1.40. The average molecular weight is 448 g/mol. The number of β-lactam (4-membered cyclic amide) rings is 1. The van der Waals surface area contributed by atoms with Crippen LogP contribution in [0.5, 0.6) is 0 Å². The van der Waals surface area contributed by atoms with Gasteiger partial charge in [0.05, 0.1) is 4.75 Å². The molecule has 0 radical (unpaired) electrons. The van der Waals surface area contributed by atoms with E-state index in [1.807, 2.05) is 6.92 Å². The second-order valence-electron chi connectivity index (χ2n) is 9.27. The number of aliphatic carboxylic acids is 1. The molecule has 2 saturated heterocycles. The van der Waals surface area contributed by atoms with Crippen LogP contribution in [0.3, 0.4) is 0 Å². The largest absolute Gasteiger partial charge is 0.479 e. The summed E-state index contributed by atoms with van der Waals surface area (Å²) in [5.74, 6) is -2.00. The predicted molar refractivity (Wildman–Crippen MR) is 112 cm³/mol. The van der Waals surface area contributed by atoms with Gasteiger partial charge in [-0.1, -0.05) is 30.3 Å². The zero-order valence-electron chi connectivity index (χ0n) is 17.7. The molecule has 3 aliphatic rings. The Labute approximate surface area is 183 Å². The molecular weight excluding hydrogens is 422 g/mol. The van der Waals surface area contributed by atoms with E-state index in [2.05, 4.69) is 10.6 Å². The number of nitrogens with one attached hydrogen (secondary N) is 2. The van der Waals surface area contributed by atoms with Gasteiger partial charge in [0.15, 0.2) is 5.54 Å². The van der Waals surface area contributed by atoms with Crippen molar-refractivity contribution >= 4 is 35.6 Å². The third-order valence-corrected chi connectivity index (χ3v) is 7.61. The minimum absolute atomic E-state index is 0.399. The van der Waals surface area contributed by atoms with E-state index in [-0.39, 0.29) is 0 Å². The number of hydrogen-bond acceptors (Lipinski definition) is 6. The maximum atomic E-state index is 13.1. The average Bonchev–Trinajstić information content (AvgIpc) is 3.21. The second-order valence-corrected chi connectivity index (χ2v) is 10.9. The van der Waals surface area contributed by atoms with Crippen LogP contribution >= 0.6 is 11.8 Å². The van der Waals surface area contributed by atoms with Crippen molar-refractivity contribution in [2.75, 3.05) is 0 Å². The molecule has 4 rings (SSSR count). The van der Waals surface area contributed by atoms with Gasteiger partial charge >= 0.3 is 12.1 Å². The summed E-state index contributed by atoms with van der Waals surface area (Å²) in [5.41, 5.74) is -1.40. The van der Waals surface area contributed by atoms with Crippen molar-refractivity contribution in [3.8, 4) is 0 Å². The topological polar surface area (TPSA) is 125 Å². The Morgan fingerprint density at radius 2 is 1.90 bits per heavy atom. The fourth-order valence-corrected chi connectivity index (χ4v) is 6.24. The molecule has 31 heavy (non-hydrogen) atoms. The lowest BCUT2D eigenvalue weighted by atomic mass is 9.99. The van der Waals surface area contributed by atoms with Crippen molar-refractivity contribution in [3.63, 3.8) is 0 Å². The number of carboxylic acids is 1. The van der Waals surface area contributed by atoms with Gasteiger partial charge in [-0.15, -0.1) is 11.8 Å². The lowest BCUT2D eigenvalue weighted by molar-refractivity contribution is -0.163. The molecule has 3 amide bonds. The molecule has 1 aliphatic carbocycles. The van der Waals surface area contributed by atoms with E-state index in [1.165, 1.54) is 16.7 Å². The van der Waals surface area contributed by atoms with Crippen molar-refractivity contribution in [3.05, 3.63) is 35.9 Å². The van der Waals surface area contributed by atoms with E-state index >= 15 is 0 Å². The number of nitrogens with zero attached hydrogens (tertiary/aromatic N) is 1. The van der Waals surface area contributed by atoms with Crippen molar-refractivity contribution < 1.29 is 29.0 Å². The van der Waals surface area contributed by atoms with E-state index < -0.39 is 57.2 Å². The quantitative estimate of drug-likeness (QED) is 0.586. The molecule has 10 heteroatoms. The fourth-order valence-electron chi connectivity index (χ4n) is 4.33. The van der Waals surface area contributed by atoms with E-state index in [0.717, 1.165) is 0 Å². The summed E-state index contributed by atoms with van der Waals surface area (Å²) in [4.78, 5) is 51.3. The Morgan fingerprint density at radius 1 is 1.26 bits per heavy atom. The first-order chi connectivity index (χ1) is 14.4. The van der Waals surface area contributed by atoms with Crippen molar-refractivity contribution in [2.45, 2.75) is 67.5 Å². The van der Waals surface area contributed by atoms with Gasteiger partial charge in [0.25, 0.3) is 0 Å². The van der Waals surface area contributed by atoms with E-state index in [1.54, 1.807) is 51.1 Å². The normalized spacial score (nSPS) is 31.6. The number of benzene rings is 1. The highest BCUT2D eigenvalue weighted by molar-refractivity contribution is 8.02. The standard InChI is InChI=1S/C21H25N3O6S/c1-19(2,3)30-18(29)23-12(11-8-6-5-7-9-11)14(25)22-13-15(26)24-16(13)31-20(4)10-21(20,24)17(27)28/h5-9,12-13,16H,10H2,1-4H3,(H,22,25)(H,23,29)(H,27,28)/t12?,13?,16-,20?,21?/m1/s1. The minimum Gasteiger partial charge on any atom is -0.479 e. The Kier molecular flexibility index (Phi) is 4.77. The van der Waals surface area contributed by atoms with Crippen LogP contribution in [0.4, 0.5) is 4.79 Å². The van der Waals surface area contributed by atoms with Gasteiger partial charge in [-0.3, -0.25) is 9.59 Å². The van der Waals surface area contributed by atoms with Gasteiger partial charge in [-0.2, -0.15) is 0 Å². The third-order valence-electron chi connectivity index (χ3n) is 5.89. The fraction of sp³-hybridized carbons (Fsp3) is 0.524. The minimum atomic E-state index is -1.19. The van der Waals surface area contributed by atoms with Crippen LogP contribution < -0.4 is 10.6 Å². The highest BCUT2D eigenvalue weighted by atomic mass is 32.2. The van der Waals surface area contributed by atoms with Crippen molar-refractivity contribution in [1.29, 1.82) is 0 Å². The molecule has 1 aromatic carbocycles. The molecule has 3 fully saturated rings. The lowest BCUT2D eigenvalue weighted by Gasteiger charge is -2.46. The van der Waals surface area contributed by atoms with Gasteiger partial charge in [-0.05, 0) is 33.3 Å². The molecule has 3 N–H and O–H groups in total. The molecule has 9 nitrogen and oxygen atoms in total. The Balaban J connectivity index is 1.50. The molecular formula is C21H25N3O6S. The van der Waals surface area contributed by atoms with Crippen LogP contribution in [-0.4, -0.2) is 61.2 Å². The number of carbonyl (C=O) groups is 4. The third kappa shape index (κ3) is 3.33. The molecule has 166 valence electrons. The summed E-state index contributed by atoms with van der Waals surface area (Å²) in [6.45, 7) is 6.97. The van der Waals surface area contributed by atoms with Crippen molar-refractivity contribution in [1.82, 2.24) is 15.5 Å². The first-order valence-electron chi connectivity index (χ1n) is 9.99.